The largest absolute Gasteiger partial charge is 0.477 e. The lowest BCUT2D eigenvalue weighted by atomic mass is 10.1. The first kappa shape index (κ1) is 14.4. The van der Waals surface area contributed by atoms with Crippen LogP contribution < -0.4 is 5.32 Å². The first-order chi connectivity index (χ1) is 10.0. The SMILES string of the molecule is O=C(O)c1cccc(NCc2ccccc2F)c1[N+](=O)[O-]. The topological polar surface area (TPSA) is 92.5 Å². The second kappa shape index (κ2) is 6.00. The van der Waals surface area contributed by atoms with E-state index in [-0.39, 0.29) is 12.2 Å². The average molecular weight is 290 g/mol. The molecule has 2 aromatic carbocycles. The number of nitrogens with one attached hydrogen (secondary N) is 1. The number of nitro benzene ring substituents is 1. The molecule has 0 aromatic heterocycles. The minimum Gasteiger partial charge on any atom is -0.477 e. The number of para-hydroxylation sites is 1. The number of benzene rings is 2. The van der Waals surface area contributed by atoms with Crippen LogP contribution in [0.5, 0.6) is 0 Å². The maximum atomic E-state index is 13.5. The standard InChI is InChI=1S/C14H11FN2O4/c15-11-6-2-1-4-9(11)8-16-12-7-3-5-10(14(18)19)13(12)17(20)21/h1-7,16H,8H2,(H,18,19). The van der Waals surface area contributed by atoms with Gasteiger partial charge in [0.2, 0.25) is 0 Å². The molecule has 0 unspecified atom stereocenters. The summed E-state index contributed by atoms with van der Waals surface area (Å²) >= 11 is 0. The summed E-state index contributed by atoms with van der Waals surface area (Å²) in [5.41, 5.74) is -0.601. The van der Waals surface area contributed by atoms with Gasteiger partial charge in [-0.15, -0.1) is 0 Å². The lowest BCUT2D eigenvalue weighted by molar-refractivity contribution is -0.384. The van der Waals surface area contributed by atoms with Crippen LogP contribution in [0, 0.1) is 15.9 Å². The second-order valence-electron chi connectivity index (χ2n) is 4.21. The predicted molar refractivity (Wildman–Crippen MR) is 73.8 cm³/mol. The van der Waals surface area contributed by atoms with Gasteiger partial charge in [0.1, 0.15) is 17.1 Å². The first-order valence-corrected chi connectivity index (χ1v) is 5.98. The fourth-order valence-corrected chi connectivity index (χ4v) is 1.89. The number of carboxylic acid groups (broad SMARTS) is 1. The molecule has 0 saturated heterocycles. The average Bonchev–Trinajstić information content (AvgIpc) is 2.45. The molecule has 7 heteroatoms. The number of nitro groups is 1. The van der Waals surface area contributed by atoms with Crippen molar-refractivity contribution in [2.24, 2.45) is 0 Å². The van der Waals surface area contributed by atoms with Crippen LogP contribution in [0.2, 0.25) is 0 Å². The second-order valence-corrected chi connectivity index (χ2v) is 4.21. The Labute approximate surface area is 119 Å². The van der Waals surface area contributed by atoms with Crippen LogP contribution in [-0.4, -0.2) is 16.0 Å². The maximum Gasteiger partial charge on any atom is 0.342 e. The number of halogens is 1. The molecule has 2 aromatic rings. The molecule has 0 aliphatic heterocycles. The molecule has 21 heavy (non-hydrogen) atoms. The monoisotopic (exact) mass is 290 g/mol. The van der Waals surface area contributed by atoms with Crippen LogP contribution in [0.15, 0.2) is 42.5 Å². The van der Waals surface area contributed by atoms with E-state index in [2.05, 4.69) is 5.32 Å². The van der Waals surface area contributed by atoms with Crippen molar-refractivity contribution in [3.05, 3.63) is 69.5 Å². The lowest BCUT2D eigenvalue weighted by Crippen LogP contribution is -2.08. The Hall–Kier alpha value is -2.96. The molecule has 0 atom stereocenters. The van der Waals surface area contributed by atoms with Gasteiger partial charge < -0.3 is 10.4 Å². The highest BCUT2D eigenvalue weighted by Crippen LogP contribution is 2.29. The van der Waals surface area contributed by atoms with E-state index < -0.39 is 28.0 Å². The lowest BCUT2D eigenvalue weighted by Gasteiger charge is -2.09. The quantitative estimate of drug-likeness (QED) is 0.652. The molecule has 0 aliphatic carbocycles. The van der Waals surface area contributed by atoms with Crippen LogP contribution in [0.25, 0.3) is 0 Å². The maximum absolute atomic E-state index is 13.5. The molecule has 0 spiro atoms. The summed E-state index contributed by atoms with van der Waals surface area (Å²) in [7, 11) is 0. The molecule has 0 heterocycles. The highest BCUT2D eigenvalue weighted by atomic mass is 19.1. The zero-order valence-electron chi connectivity index (χ0n) is 10.7. The highest BCUT2D eigenvalue weighted by molar-refractivity contribution is 5.95. The number of carboxylic acids is 1. The summed E-state index contributed by atoms with van der Waals surface area (Å²) in [6.07, 6.45) is 0. The smallest absolute Gasteiger partial charge is 0.342 e. The Bertz CT molecular complexity index is 703. The van der Waals surface area contributed by atoms with Gasteiger partial charge >= 0.3 is 11.7 Å². The number of hydrogen-bond donors (Lipinski definition) is 2. The van der Waals surface area contributed by atoms with Gasteiger partial charge in [0.05, 0.1) is 4.92 Å². The molecule has 0 fully saturated rings. The summed E-state index contributed by atoms with van der Waals surface area (Å²) < 4.78 is 13.5. The van der Waals surface area contributed by atoms with Crippen molar-refractivity contribution >= 4 is 17.3 Å². The number of anilines is 1. The van der Waals surface area contributed by atoms with Gasteiger partial charge in [0, 0.05) is 12.1 Å². The molecule has 6 nitrogen and oxygen atoms in total. The fourth-order valence-electron chi connectivity index (χ4n) is 1.89. The fraction of sp³-hybridized carbons (Fsp3) is 0.0714. The van der Waals surface area contributed by atoms with E-state index in [4.69, 9.17) is 5.11 Å². The van der Waals surface area contributed by atoms with Crippen molar-refractivity contribution in [3.8, 4) is 0 Å². The van der Waals surface area contributed by atoms with Crippen molar-refractivity contribution in [1.82, 2.24) is 0 Å². The Morgan fingerprint density at radius 3 is 2.57 bits per heavy atom. The minimum atomic E-state index is -1.39. The molecular weight excluding hydrogens is 279 g/mol. The van der Waals surface area contributed by atoms with Crippen molar-refractivity contribution in [2.75, 3.05) is 5.32 Å². The normalized spacial score (nSPS) is 10.1. The van der Waals surface area contributed by atoms with E-state index in [1.165, 1.54) is 30.3 Å². The van der Waals surface area contributed by atoms with Gasteiger partial charge in [0.25, 0.3) is 0 Å². The summed E-state index contributed by atoms with van der Waals surface area (Å²) in [5, 5.41) is 22.7. The van der Waals surface area contributed by atoms with E-state index >= 15 is 0 Å². The van der Waals surface area contributed by atoms with Crippen molar-refractivity contribution in [2.45, 2.75) is 6.54 Å². The third kappa shape index (κ3) is 3.14. The van der Waals surface area contributed by atoms with Gasteiger partial charge in [0.15, 0.2) is 0 Å². The molecule has 2 rings (SSSR count). The predicted octanol–water partition coefficient (Wildman–Crippen LogP) is 3.04. The summed E-state index contributed by atoms with van der Waals surface area (Å²) in [6.45, 7) is 0.0105. The van der Waals surface area contributed by atoms with E-state index in [0.29, 0.717) is 5.56 Å². The Morgan fingerprint density at radius 1 is 1.24 bits per heavy atom. The van der Waals surface area contributed by atoms with E-state index in [0.717, 1.165) is 6.07 Å². The van der Waals surface area contributed by atoms with Gasteiger partial charge in [-0.05, 0) is 18.2 Å². The third-order valence-corrected chi connectivity index (χ3v) is 2.88. The number of hydrogen-bond acceptors (Lipinski definition) is 4. The van der Waals surface area contributed by atoms with Gasteiger partial charge in [-0.3, -0.25) is 10.1 Å². The van der Waals surface area contributed by atoms with Crippen LogP contribution in [-0.2, 0) is 6.54 Å². The van der Waals surface area contributed by atoms with E-state index in [9.17, 15) is 19.3 Å². The van der Waals surface area contributed by atoms with Crippen molar-refractivity contribution in [1.29, 1.82) is 0 Å². The van der Waals surface area contributed by atoms with Crippen LogP contribution in [0.3, 0.4) is 0 Å². The number of rotatable bonds is 5. The molecule has 108 valence electrons. The minimum absolute atomic E-state index is 0.0105. The van der Waals surface area contributed by atoms with Gasteiger partial charge in [-0.25, -0.2) is 9.18 Å². The Balaban J connectivity index is 2.32. The van der Waals surface area contributed by atoms with Crippen LogP contribution >= 0.6 is 0 Å². The Morgan fingerprint density at radius 2 is 1.95 bits per heavy atom. The third-order valence-electron chi connectivity index (χ3n) is 2.88. The number of carbonyl (C=O) groups is 1. The van der Waals surface area contributed by atoms with Gasteiger partial charge in [-0.2, -0.15) is 0 Å². The first-order valence-electron chi connectivity index (χ1n) is 5.98. The summed E-state index contributed by atoms with van der Waals surface area (Å²) in [5.74, 6) is -1.83. The summed E-state index contributed by atoms with van der Waals surface area (Å²) in [4.78, 5) is 21.3. The number of aromatic carboxylic acids is 1. The zero-order valence-corrected chi connectivity index (χ0v) is 10.7. The van der Waals surface area contributed by atoms with Crippen molar-refractivity contribution < 1.29 is 19.2 Å². The summed E-state index contributed by atoms with van der Waals surface area (Å²) in [6, 6.07) is 9.91. The molecule has 0 aliphatic rings. The van der Waals surface area contributed by atoms with Crippen molar-refractivity contribution in [3.63, 3.8) is 0 Å². The number of nitrogens with zero attached hydrogens (tertiary/aromatic N) is 1. The molecule has 0 saturated carbocycles. The molecular formula is C14H11FN2O4. The van der Waals surface area contributed by atoms with E-state index in [1.807, 2.05) is 0 Å². The highest BCUT2D eigenvalue weighted by Gasteiger charge is 2.24. The molecule has 0 amide bonds. The molecule has 2 N–H and O–H groups in total. The molecule has 0 radical (unpaired) electrons. The van der Waals surface area contributed by atoms with Crippen LogP contribution in [0.1, 0.15) is 15.9 Å². The Kier molecular flexibility index (Phi) is 4.13. The van der Waals surface area contributed by atoms with Gasteiger partial charge in [-0.1, -0.05) is 24.3 Å². The van der Waals surface area contributed by atoms with Crippen LogP contribution in [0.4, 0.5) is 15.8 Å². The molecule has 0 bridgehead atoms. The zero-order chi connectivity index (χ0) is 15.4. The van der Waals surface area contributed by atoms with E-state index in [1.54, 1.807) is 6.07 Å².